The summed E-state index contributed by atoms with van der Waals surface area (Å²) in [6, 6.07) is 6.66. The summed E-state index contributed by atoms with van der Waals surface area (Å²) in [7, 11) is 0. The Morgan fingerprint density at radius 2 is 1.95 bits per heavy atom. The average molecular weight is 326 g/mol. The molecule has 1 aromatic rings. The minimum Gasteiger partial charge on any atom is -0.369 e. The molecule has 3 nitrogen and oxygen atoms in total. The third-order valence-electron chi connectivity index (χ3n) is 3.73. The summed E-state index contributed by atoms with van der Waals surface area (Å²) in [5, 5.41) is 0. The van der Waals surface area contributed by atoms with Gasteiger partial charge in [0, 0.05) is 36.3 Å². The molecule has 0 saturated carbocycles. The molecule has 1 fully saturated rings. The van der Waals surface area contributed by atoms with Crippen LogP contribution in [-0.4, -0.2) is 44.2 Å². The molecule has 0 aromatic heterocycles. The van der Waals surface area contributed by atoms with E-state index in [0.29, 0.717) is 6.54 Å². The lowest BCUT2D eigenvalue weighted by atomic mass is 10.1. The van der Waals surface area contributed by atoms with E-state index < -0.39 is 0 Å². The monoisotopic (exact) mass is 325 g/mol. The van der Waals surface area contributed by atoms with Gasteiger partial charge in [0.05, 0.1) is 0 Å². The smallest absolute Gasteiger partial charge is 0.0378 e. The summed E-state index contributed by atoms with van der Waals surface area (Å²) >= 11 is 3.66. The van der Waals surface area contributed by atoms with Gasteiger partial charge in [-0.15, -0.1) is 0 Å². The molecule has 0 unspecified atom stereocenters. The largest absolute Gasteiger partial charge is 0.369 e. The number of piperazine rings is 1. The fourth-order valence-electron chi connectivity index (χ4n) is 2.64. The van der Waals surface area contributed by atoms with E-state index >= 15 is 0 Å². The zero-order chi connectivity index (χ0) is 13.7. The Morgan fingerprint density at radius 3 is 2.53 bits per heavy atom. The van der Waals surface area contributed by atoms with Gasteiger partial charge in [-0.2, -0.15) is 0 Å². The second-order valence-electron chi connectivity index (χ2n) is 5.14. The molecule has 0 spiro atoms. The average Bonchev–Trinajstić information content (AvgIpc) is 2.43. The Labute approximate surface area is 124 Å². The van der Waals surface area contributed by atoms with Crippen molar-refractivity contribution in [2.24, 2.45) is 5.73 Å². The van der Waals surface area contributed by atoms with Crippen molar-refractivity contribution >= 4 is 21.6 Å². The van der Waals surface area contributed by atoms with Crippen LogP contribution in [0.3, 0.4) is 0 Å². The molecule has 0 radical (unpaired) electrons. The van der Waals surface area contributed by atoms with Crippen molar-refractivity contribution in [2.75, 3.05) is 44.2 Å². The summed E-state index contributed by atoms with van der Waals surface area (Å²) < 4.78 is 1.19. The minimum absolute atomic E-state index is 0.702. The molecule has 0 atom stereocenters. The highest BCUT2D eigenvalue weighted by Gasteiger charge is 2.16. The molecule has 1 aliphatic heterocycles. The number of rotatable bonds is 5. The van der Waals surface area contributed by atoms with Gasteiger partial charge in [0.15, 0.2) is 0 Å². The minimum atomic E-state index is 0.702. The maximum Gasteiger partial charge on any atom is 0.0378 e. The van der Waals surface area contributed by atoms with Gasteiger partial charge in [-0.3, -0.25) is 4.90 Å². The summed E-state index contributed by atoms with van der Waals surface area (Å²) in [6.45, 7) is 8.79. The molecule has 0 aliphatic carbocycles. The Kier molecular flexibility index (Phi) is 5.67. The van der Waals surface area contributed by atoms with Crippen molar-refractivity contribution in [3.05, 3.63) is 28.2 Å². The lowest BCUT2D eigenvalue weighted by molar-refractivity contribution is 0.258. The van der Waals surface area contributed by atoms with E-state index in [1.54, 1.807) is 0 Å². The van der Waals surface area contributed by atoms with Gasteiger partial charge in [-0.25, -0.2) is 0 Å². The van der Waals surface area contributed by atoms with E-state index in [-0.39, 0.29) is 0 Å². The van der Waals surface area contributed by atoms with Crippen LogP contribution in [0, 0.1) is 0 Å². The molecule has 1 saturated heterocycles. The molecule has 1 aromatic carbocycles. The molecule has 1 aliphatic rings. The topological polar surface area (TPSA) is 32.5 Å². The lowest BCUT2D eigenvalue weighted by Gasteiger charge is -2.36. The predicted molar refractivity (Wildman–Crippen MR) is 85.8 cm³/mol. The van der Waals surface area contributed by atoms with E-state index in [1.165, 1.54) is 41.8 Å². The molecule has 19 heavy (non-hydrogen) atoms. The Hall–Kier alpha value is -0.580. The number of benzene rings is 1. The van der Waals surface area contributed by atoms with Gasteiger partial charge in [0.1, 0.15) is 0 Å². The maximum atomic E-state index is 5.62. The Bertz CT molecular complexity index is 400. The third-order valence-corrected chi connectivity index (χ3v) is 4.47. The first-order valence-electron chi connectivity index (χ1n) is 7.20. The zero-order valence-corrected chi connectivity index (χ0v) is 13.3. The molecule has 4 heteroatoms. The zero-order valence-electron chi connectivity index (χ0n) is 11.7. The molecule has 0 bridgehead atoms. The van der Waals surface area contributed by atoms with E-state index in [2.05, 4.69) is 50.9 Å². The van der Waals surface area contributed by atoms with Gasteiger partial charge < -0.3 is 10.6 Å². The van der Waals surface area contributed by atoms with Crippen molar-refractivity contribution in [1.82, 2.24) is 4.90 Å². The molecule has 2 rings (SSSR count). The van der Waals surface area contributed by atoms with Crippen LogP contribution in [0.1, 0.15) is 18.9 Å². The fourth-order valence-corrected chi connectivity index (χ4v) is 3.20. The van der Waals surface area contributed by atoms with Crippen molar-refractivity contribution in [2.45, 2.75) is 19.8 Å². The van der Waals surface area contributed by atoms with Gasteiger partial charge >= 0.3 is 0 Å². The van der Waals surface area contributed by atoms with E-state index in [1.807, 2.05) is 0 Å². The number of nitrogens with two attached hydrogens (primary N) is 1. The number of anilines is 1. The second kappa shape index (κ2) is 7.27. The van der Waals surface area contributed by atoms with Gasteiger partial charge in [-0.05, 0) is 43.6 Å². The van der Waals surface area contributed by atoms with Crippen LogP contribution in [0.15, 0.2) is 22.7 Å². The van der Waals surface area contributed by atoms with Crippen LogP contribution in [0.5, 0.6) is 0 Å². The molecule has 2 N–H and O–H groups in total. The molecular weight excluding hydrogens is 302 g/mol. The first-order chi connectivity index (χ1) is 9.24. The van der Waals surface area contributed by atoms with Crippen LogP contribution in [0.4, 0.5) is 5.69 Å². The summed E-state index contributed by atoms with van der Waals surface area (Å²) in [6.07, 6.45) is 2.18. The summed E-state index contributed by atoms with van der Waals surface area (Å²) in [5.41, 5.74) is 8.24. The van der Waals surface area contributed by atoms with Crippen LogP contribution >= 0.6 is 15.9 Å². The van der Waals surface area contributed by atoms with E-state index in [9.17, 15) is 0 Å². The van der Waals surface area contributed by atoms with Gasteiger partial charge in [0.2, 0.25) is 0 Å². The number of hydrogen-bond donors (Lipinski definition) is 1. The molecular formula is C15H24BrN3. The highest BCUT2D eigenvalue weighted by Crippen LogP contribution is 2.25. The molecule has 106 valence electrons. The van der Waals surface area contributed by atoms with E-state index in [4.69, 9.17) is 5.73 Å². The third kappa shape index (κ3) is 3.94. The maximum absolute atomic E-state index is 5.62. The number of hydrogen-bond acceptors (Lipinski definition) is 3. The van der Waals surface area contributed by atoms with Gasteiger partial charge in [-0.1, -0.05) is 28.9 Å². The lowest BCUT2D eigenvalue weighted by Crippen LogP contribution is -2.46. The van der Waals surface area contributed by atoms with Crippen LogP contribution in [-0.2, 0) is 6.42 Å². The van der Waals surface area contributed by atoms with Crippen molar-refractivity contribution < 1.29 is 0 Å². The standard InChI is InChI=1S/C15H24BrN3/c1-2-7-18-8-10-19(11-9-18)14-4-3-13(5-6-17)15(16)12-14/h3-4,12H,2,5-11,17H2,1H3. The summed E-state index contributed by atoms with van der Waals surface area (Å²) in [5.74, 6) is 0. The van der Waals surface area contributed by atoms with Crippen LogP contribution < -0.4 is 10.6 Å². The Balaban J connectivity index is 1.97. The highest BCUT2D eigenvalue weighted by atomic mass is 79.9. The van der Waals surface area contributed by atoms with Crippen LogP contribution in [0.25, 0.3) is 0 Å². The summed E-state index contributed by atoms with van der Waals surface area (Å²) in [4.78, 5) is 5.03. The molecule has 1 heterocycles. The quantitative estimate of drug-likeness (QED) is 0.902. The Morgan fingerprint density at radius 1 is 1.21 bits per heavy atom. The van der Waals surface area contributed by atoms with Crippen molar-refractivity contribution in [3.63, 3.8) is 0 Å². The molecule has 0 amide bonds. The van der Waals surface area contributed by atoms with Gasteiger partial charge in [0.25, 0.3) is 0 Å². The van der Waals surface area contributed by atoms with Crippen LogP contribution in [0.2, 0.25) is 0 Å². The van der Waals surface area contributed by atoms with Crippen molar-refractivity contribution in [1.29, 1.82) is 0 Å². The SMILES string of the molecule is CCCN1CCN(c2ccc(CCN)c(Br)c2)CC1. The number of halogens is 1. The van der Waals surface area contributed by atoms with Crippen molar-refractivity contribution in [3.8, 4) is 0 Å². The normalized spacial score (nSPS) is 16.9. The second-order valence-corrected chi connectivity index (χ2v) is 6.00. The van der Waals surface area contributed by atoms with E-state index in [0.717, 1.165) is 19.5 Å². The first kappa shape index (κ1) is 14.8. The number of nitrogens with zero attached hydrogens (tertiary/aromatic N) is 2. The highest BCUT2D eigenvalue weighted by molar-refractivity contribution is 9.10. The predicted octanol–water partition coefficient (Wildman–Crippen LogP) is 2.48. The first-order valence-corrected chi connectivity index (χ1v) is 7.99. The fraction of sp³-hybridized carbons (Fsp3) is 0.600.